The minimum atomic E-state index is -0.758. The minimum Gasteiger partial charge on any atom is -0.497 e. The van der Waals surface area contributed by atoms with Gasteiger partial charge < -0.3 is 9.84 Å². The van der Waals surface area contributed by atoms with Crippen molar-refractivity contribution in [3.63, 3.8) is 0 Å². The monoisotopic (exact) mass is 263 g/mol. The molecule has 4 heteroatoms. The number of nitrogens with zero attached hydrogens (tertiary/aromatic N) is 1. The smallest absolute Gasteiger partial charge is 0.119 e. The topological polar surface area (TPSA) is 42.4 Å². The van der Waals surface area contributed by atoms with E-state index in [1.165, 1.54) is 6.20 Å². The van der Waals surface area contributed by atoms with Crippen molar-refractivity contribution < 1.29 is 9.84 Å². The summed E-state index contributed by atoms with van der Waals surface area (Å²) in [4.78, 5) is 3.91. The number of rotatable bonds is 3. The molecule has 0 saturated heterocycles. The molecule has 2 aromatic rings. The molecule has 0 amide bonds. The van der Waals surface area contributed by atoms with Gasteiger partial charge in [-0.05, 0) is 36.2 Å². The van der Waals surface area contributed by atoms with Crippen LogP contribution in [-0.2, 0) is 0 Å². The number of aliphatic hydroxyl groups excluding tert-OH is 1. The molecule has 2 rings (SSSR count). The molecular weight excluding hydrogens is 250 g/mol. The number of aryl methyl sites for hydroxylation is 1. The van der Waals surface area contributed by atoms with Gasteiger partial charge in [0.05, 0.1) is 12.1 Å². The third kappa shape index (κ3) is 2.47. The number of methoxy groups -OCH3 is 1. The number of aromatic nitrogens is 1. The Kier molecular flexibility index (Phi) is 3.84. The Hall–Kier alpha value is -1.58. The first kappa shape index (κ1) is 12.9. The summed E-state index contributed by atoms with van der Waals surface area (Å²) < 4.78 is 5.14. The average molecular weight is 264 g/mol. The summed E-state index contributed by atoms with van der Waals surface area (Å²) in [5, 5.41) is 10.8. The number of ether oxygens (including phenoxy) is 1. The fraction of sp³-hybridized carbons (Fsp3) is 0.214. The molecule has 0 bridgehead atoms. The van der Waals surface area contributed by atoms with Crippen LogP contribution in [-0.4, -0.2) is 17.2 Å². The molecule has 1 unspecified atom stereocenters. The Morgan fingerprint density at radius 2 is 2.06 bits per heavy atom. The van der Waals surface area contributed by atoms with E-state index in [-0.39, 0.29) is 0 Å². The summed E-state index contributed by atoms with van der Waals surface area (Å²) in [6.45, 7) is 1.93. The molecule has 1 N–H and O–H groups in total. The van der Waals surface area contributed by atoms with Crippen LogP contribution in [0.15, 0.2) is 36.7 Å². The molecular formula is C14H14ClNO2. The fourth-order valence-electron chi connectivity index (χ4n) is 1.86. The highest BCUT2D eigenvalue weighted by Crippen LogP contribution is 2.30. The second-order valence-electron chi connectivity index (χ2n) is 4.02. The van der Waals surface area contributed by atoms with Crippen molar-refractivity contribution in [3.05, 3.63) is 58.4 Å². The normalized spacial score (nSPS) is 12.2. The average Bonchev–Trinajstić information content (AvgIpc) is 2.38. The second-order valence-corrected chi connectivity index (χ2v) is 4.43. The van der Waals surface area contributed by atoms with Gasteiger partial charge in [0.15, 0.2) is 0 Å². The highest BCUT2D eigenvalue weighted by Gasteiger charge is 2.16. The lowest BCUT2D eigenvalue weighted by Gasteiger charge is -2.16. The zero-order valence-electron chi connectivity index (χ0n) is 10.2. The highest BCUT2D eigenvalue weighted by molar-refractivity contribution is 6.31. The first-order valence-electron chi connectivity index (χ1n) is 5.55. The van der Waals surface area contributed by atoms with Crippen LogP contribution in [0.5, 0.6) is 5.75 Å². The first-order chi connectivity index (χ1) is 8.63. The van der Waals surface area contributed by atoms with Crippen LogP contribution in [0.3, 0.4) is 0 Å². The summed E-state index contributed by atoms with van der Waals surface area (Å²) >= 11 is 6.03. The molecule has 0 aliphatic rings. The summed E-state index contributed by atoms with van der Waals surface area (Å²) in [5.74, 6) is 0.768. The van der Waals surface area contributed by atoms with Crippen LogP contribution in [0.4, 0.5) is 0 Å². The van der Waals surface area contributed by atoms with Crippen molar-refractivity contribution >= 4 is 11.6 Å². The van der Waals surface area contributed by atoms with E-state index >= 15 is 0 Å². The van der Waals surface area contributed by atoms with Gasteiger partial charge in [-0.2, -0.15) is 0 Å². The molecule has 0 spiro atoms. The molecule has 3 nitrogen and oxygen atoms in total. The molecule has 1 aromatic carbocycles. The minimum absolute atomic E-state index is 0.459. The molecule has 0 fully saturated rings. The molecule has 0 aliphatic carbocycles. The molecule has 0 aliphatic heterocycles. The van der Waals surface area contributed by atoms with Gasteiger partial charge in [-0.15, -0.1) is 0 Å². The van der Waals surface area contributed by atoms with Crippen LogP contribution in [0.25, 0.3) is 0 Å². The number of benzene rings is 1. The molecule has 0 saturated carbocycles. The van der Waals surface area contributed by atoms with Crippen molar-refractivity contribution in [2.75, 3.05) is 7.11 Å². The zero-order chi connectivity index (χ0) is 13.1. The number of aliphatic hydroxyl groups is 1. The van der Waals surface area contributed by atoms with E-state index < -0.39 is 6.10 Å². The van der Waals surface area contributed by atoms with E-state index in [2.05, 4.69) is 4.98 Å². The Balaban J connectivity index is 2.40. The largest absolute Gasteiger partial charge is 0.497 e. The molecule has 94 valence electrons. The third-order valence-corrected chi connectivity index (χ3v) is 3.19. The lowest BCUT2D eigenvalue weighted by atomic mass is 9.98. The quantitative estimate of drug-likeness (QED) is 0.925. The fourth-order valence-corrected chi connectivity index (χ4v) is 2.08. The maximum Gasteiger partial charge on any atom is 0.119 e. The lowest BCUT2D eigenvalue weighted by molar-refractivity contribution is 0.219. The maximum atomic E-state index is 10.4. The summed E-state index contributed by atoms with van der Waals surface area (Å²) in [6.07, 6.45) is 2.38. The lowest BCUT2D eigenvalue weighted by Crippen LogP contribution is -2.03. The third-order valence-electron chi connectivity index (χ3n) is 2.87. The van der Waals surface area contributed by atoms with Crippen LogP contribution in [0, 0.1) is 6.92 Å². The van der Waals surface area contributed by atoms with Gasteiger partial charge in [-0.3, -0.25) is 4.98 Å². The zero-order valence-corrected chi connectivity index (χ0v) is 11.0. The predicted octanol–water partition coefficient (Wildman–Crippen LogP) is 3.13. The van der Waals surface area contributed by atoms with Crippen molar-refractivity contribution in [1.29, 1.82) is 0 Å². The molecule has 1 atom stereocenters. The molecule has 1 heterocycles. The number of hydrogen-bond acceptors (Lipinski definition) is 3. The maximum absolute atomic E-state index is 10.4. The van der Waals surface area contributed by atoms with Gasteiger partial charge in [0.2, 0.25) is 0 Å². The van der Waals surface area contributed by atoms with Gasteiger partial charge in [0.1, 0.15) is 11.9 Å². The Morgan fingerprint density at radius 3 is 2.67 bits per heavy atom. The van der Waals surface area contributed by atoms with Crippen molar-refractivity contribution in [2.45, 2.75) is 13.0 Å². The first-order valence-corrected chi connectivity index (χ1v) is 5.93. The molecule has 0 radical (unpaired) electrons. The molecule has 18 heavy (non-hydrogen) atoms. The summed E-state index contributed by atoms with van der Waals surface area (Å²) in [6, 6.07) is 7.26. The van der Waals surface area contributed by atoms with Gasteiger partial charge >= 0.3 is 0 Å². The standard InChI is InChI=1S/C14H14ClNO2/c1-9-7-10(18-2)3-4-11(9)14(17)12-5-6-16-8-13(12)15/h3-8,14,17H,1-2H3. The molecule has 1 aromatic heterocycles. The van der Waals surface area contributed by atoms with Gasteiger partial charge in [0, 0.05) is 18.0 Å². The number of hydrogen-bond donors (Lipinski definition) is 1. The van der Waals surface area contributed by atoms with E-state index in [0.29, 0.717) is 10.6 Å². The van der Waals surface area contributed by atoms with E-state index in [0.717, 1.165) is 16.9 Å². The Bertz CT molecular complexity index is 557. The Morgan fingerprint density at radius 1 is 1.28 bits per heavy atom. The van der Waals surface area contributed by atoms with Gasteiger partial charge in [-0.25, -0.2) is 0 Å². The number of halogens is 1. The van der Waals surface area contributed by atoms with Crippen LogP contribution in [0.2, 0.25) is 5.02 Å². The van der Waals surface area contributed by atoms with E-state index in [9.17, 15) is 5.11 Å². The van der Waals surface area contributed by atoms with Crippen molar-refractivity contribution in [1.82, 2.24) is 4.98 Å². The van der Waals surface area contributed by atoms with E-state index in [1.807, 2.05) is 25.1 Å². The summed E-state index contributed by atoms with van der Waals surface area (Å²) in [7, 11) is 1.62. The SMILES string of the molecule is COc1ccc(C(O)c2ccncc2Cl)c(C)c1. The van der Waals surface area contributed by atoms with Gasteiger partial charge in [0.25, 0.3) is 0 Å². The second kappa shape index (κ2) is 5.38. The van der Waals surface area contributed by atoms with E-state index in [1.54, 1.807) is 19.4 Å². The van der Waals surface area contributed by atoms with Crippen molar-refractivity contribution in [2.24, 2.45) is 0 Å². The highest BCUT2D eigenvalue weighted by atomic mass is 35.5. The summed E-state index contributed by atoms with van der Waals surface area (Å²) in [5.41, 5.74) is 2.42. The van der Waals surface area contributed by atoms with Crippen molar-refractivity contribution in [3.8, 4) is 5.75 Å². The van der Waals surface area contributed by atoms with Crippen LogP contribution < -0.4 is 4.74 Å². The van der Waals surface area contributed by atoms with Crippen LogP contribution >= 0.6 is 11.6 Å². The predicted molar refractivity (Wildman–Crippen MR) is 71.0 cm³/mol. The van der Waals surface area contributed by atoms with Crippen LogP contribution in [0.1, 0.15) is 22.8 Å². The number of pyridine rings is 1. The van der Waals surface area contributed by atoms with Gasteiger partial charge in [-0.1, -0.05) is 17.7 Å². The van der Waals surface area contributed by atoms with E-state index in [4.69, 9.17) is 16.3 Å². The Labute approximate surface area is 111 Å².